The molecule has 0 bridgehead atoms. The van der Waals surface area contributed by atoms with Gasteiger partial charge in [-0.25, -0.2) is 0 Å². The number of unbranched alkanes of at least 4 members (excludes halogenated alkanes) is 2. The predicted octanol–water partition coefficient (Wildman–Crippen LogP) is 2.05. The minimum atomic E-state index is -0.00425. The molecule has 0 aromatic heterocycles. The van der Waals surface area contributed by atoms with Gasteiger partial charge >= 0.3 is 0 Å². The van der Waals surface area contributed by atoms with Gasteiger partial charge in [0.15, 0.2) is 0 Å². The summed E-state index contributed by atoms with van der Waals surface area (Å²) in [6.45, 7) is 2.84. The number of benzene rings is 1. The molecule has 0 heterocycles. The fourth-order valence-corrected chi connectivity index (χ4v) is 1.97. The van der Waals surface area contributed by atoms with Gasteiger partial charge in [-0.2, -0.15) is 0 Å². The third-order valence-corrected chi connectivity index (χ3v) is 3.17. The van der Waals surface area contributed by atoms with Crippen LogP contribution in [0.4, 0.5) is 5.69 Å². The molecule has 2 amide bonds. The monoisotopic (exact) mass is 327 g/mol. The summed E-state index contributed by atoms with van der Waals surface area (Å²) in [6, 6.07) is 7.69. The second kappa shape index (κ2) is 11.9. The minimum absolute atomic E-state index is 0. The van der Waals surface area contributed by atoms with Gasteiger partial charge in [-0.05, 0) is 37.0 Å². The highest BCUT2D eigenvalue weighted by atomic mass is 35.5. The van der Waals surface area contributed by atoms with Gasteiger partial charge in [0, 0.05) is 32.1 Å². The summed E-state index contributed by atoms with van der Waals surface area (Å²) in [5.41, 5.74) is 7.54. The van der Waals surface area contributed by atoms with Crippen molar-refractivity contribution in [3.63, 3.8) is 0 Å². The Morgan fingerprint density at radius 3 is 2.32 bits per heavy atom. The summed E-state index contributed by atoms with van der Waals surface area (Å²) in [6.07, 6.45) is 4.08. The minimum Gasteiger partial charge on any atom is -0.399 e. The molecule has 5 nitrogen and oxygen atoms in total. The van der Waals surface area contributed by atoms with Gasteiger partial charge in [0.25, 0.3) is 0 Å². The molecule has 4 N–H and O–H groups in total. The van der Waals surface area contributed by atoms with E-state index < -0.39 is 0 Å². The molecule has 124 valence electrons. The van der Waals surface area contributed by atoms with Crippen molar-refractivity contribution in [1.29, 1.82) is 0 Å². The van der Waals surface area contributed by atoms with Crippen LogP contribution >= 0.6 is 12.4 Å². The zero-order valence-electron chi connectivity index (χ0n) is 13.1. The molecule has 0 unspecified atom stereocenters. The van der Waals surface area contributed by atoms with E-state index in [0.29, 0.717) is 19.5 Å². The summed E-state index contributed by atoms with van der Waals surface area (Å²) in [5, 5.41) is 5.66. The molecule has 1 rings (SSSR count). The van der Waals surface area contributed by atoms with Crippen molar-refractivity contribution in [3.05, 3.63) is 29.8 Å². The SMILES string of the molecule is CC(=O)NCCCCCC(=O)NCCc1ccc(N)cc1.Cl. The lowest BCUT2D eigenvalue weighted by Gasteiger charge is -2.06. The van der Waals surface area contributed by atoms with Crippen LogP contribution in [-0.2, 0) is 16.0 Å². The lowest BCUT2D eigenvalue weighted by molar-refractivity contribution is -0.121. The molecule has 0 spiro atoms. The first-order valence-corrected chi connectivity index (χ1v) is 7.43. The van der Waals surface area contributed by atoms with Gasteiger partial charge in [-0.3, -0.25) is 9.59 Å². The summed E-state index contributed by atoms with van der Waals surface area (Å²) >= 11 is 0. The van der Waals surface area contributed by atoms with Crippen LogP contribution in [0.3, 0.4) is 0 Å². The number of amides is 2. The Hall–Kier alpha value is -1.75. The third-order valence-electron chi connectivity index (χ3n) is 3.17. The summed E-state index contributed by atoms with van der Waals surface area (Å²) < 4.78 is 0. The Morgan fingerprint density at radius 1 is 1.00 bits per heavy atom. The van der Waals surface area contributed by atoms with Crippen LogP contribution in [0.1, 0.15) is 38.2 Å². The van der Waals surface area contributed by atoms with Crippen LogP contribution in [-0.4, -0.2) is 24.9 Å². The van der Waals surface area contributed by atoms with Crippen LogP contribution < -0.4 is 16.4 Å². The summed E-state index contributed by atoms with van der Waals surface area (Å²) in [7, 11) is 0. The number of carbonyl (C=O) groups excluding carboxylic acids is 2. The average Bonchev–Trinajstić information content (AvgIpc) is 2.44. The van der Waals surface area contributed by atoms with Crippen LogP contribution in [0.5, 0.6) is 0 Å². The normalized spacial score (nSPS) is 9.68. The third kappa shape index (κ3) is 10.0. The maximum atomic E-state index is 11.6. The molecule has 0 saturated heterocycles. The molecule has 0 fully saturated rings. The second-order valence-electron chi connectivity index (χ2n) is 5.14. The van der Waals surface area contributed by atoms with Crippen molar-refractivity contribution in [2.75, 3.05) is 18.8 Å². The van der Waals surface area contributed by atoms with Crippen molar-refractivity contribution >= 4 is 29.9 Å². The molecule has 0 radical (unpaired) electrons. The van der Waals surface area contributed by atoms with E-state index >= 15 is 0 Å². The lowest BCUT2D eigenvalue weighted by atomic mass is 10.1. The number of rotatable bonds is 9. The Bertz CT molecular complexity index is 449. The van der Waals surface area contributed by atoms with Crippen molar-refractivity contribution in [3.8, 4) is 0 Å². The van der Waals surface area contributed by atoms with Crippen LogP contribution in [0, 0.1) is 0 Å². The fraction of sp³-hybridized carbons (Fsp3) is 0.500. The highest BCUT2D eigenvalue weighted by Crippen LogP contribution is 2.05. The van der Waals surface area contributed by atoms with E-state index in [4.69, 9.17) is 5.73 Å². The van der Waals surface area contributed by atoms with Crippen molar-refractivity contribution in [1.82, 2.24) is 10.6 Å². The number of hydrogen-bond acceptors (Lipinski definition) is 3. The molecular formula is C16H26ClN3O2. The van der Waals surface area contributed by atoms with Gasteiger partial charge in [0.2, 0.25) is 11.8 Å². The maximum absolute atomic E-state index is 11.6. The molecule has 0 aliphatic rings. The van der Waals surface area contributed by atoms with Crippen LogP contribution in [0.25, 0.3) is 0 Å². The number of anilines is 1. The predicted molar refractivity (Wildman–Crippen MR) is 92.0 cm³/mol. The summed E-state index contributed by atoms with van der Waals surface area (Å²) in [4.78, 5) is 22.3. The standard InChI is InChI=1S/C16H25N3O2.ClH/c1-13(20)18-11-4-2-3-5-16(21)19-12-10-14-6-8-15(17)9-7-14;/h6-9H,2-5,10-12,17H2,1H3,(H,18,20)(H,19,21);1H. The Morgan fingerprint density at radius 2 is 1.68 bits per heavy atom. The Kier molecular flexibility index (Phi) is 10.9. The number of nitrogens with one attached hydrogen (secondary N) is 2. The van der Waals surface area contributed by atoms with Gasteiger partial charge in [0.05, 0.1) is 0 Å². The number of halogens is 1. The number of nitrogens with two attached hydrogens (primary N) is 1. The fourth-order valence-electron chi connectivity index (χ4n) is 1.97. The molecular weight excluding hydrogens is 302 g/mol. The highest BCUT2D eigenvalue weighted by molar-refractivity contribution is 5.85. The lowest BCUT2D eigenvalue weighted by Crippen LogP contribution is -2.25. The molecule has 1 aromatic rings. The van der Waals surface area contributed by atoms with Gasteiger partial charge < -0.3 is 16.4 Å². The van der Waals surface area contributed by atoms with Gasteiger partial charge in [0.1, 0.15) is 0 Å². The largest absolute Gasteiger partial charge is 0.399 e. The average molecular weight is 328 g/mol. The second-order valence-corrected chi connectivity index (χ2v) is 5.14. The van der Waals surface area contributed by atoms with Crippen LogP contribution in [0.2, 0.25) is 0 Å². The van der Waals surface area contributed by atoms with E-state index in [-0.39, 0.29) is 24.2 Å². The first kappa shape index (κ1) is 20.2. The maximum Gasteiger partial charge on any atom is 0.220 e. The highest BCUT2D eigenvalue weighted by Gasteiger charge is 2.01. The van der Waals surface area contributed by atoms with E-state index in [9.17, 15) is 9.59 Å². The molecule has 0 atom stereocenters. The Balaban J connectivity index is 0.00000441. The quantitative estimate of drug-likeness (QED) is 0.479. The molecule has 1 aromatic carbocycles. The number of carbonyl (C=O) groups is 2. The zero-order chi connectivity index (χ0) is 15.5. The zero-order valence-corrected chi connectivity index (χ0v) is 13.9. The number of hydrogen-bond donors (Lipinski definition) is 3. The van der Waals surface area contributed by atoms with E-state index in [1.54, 1.807) is 0 Å². The summed E-state index contributed by atoms with van der Waals surface area (Å²) in [5.74, 6) is 0.0837. The molecule has 0 aliphatic heterocycles. The van der Waals surface area contributed by atoms with Gasteiger partial charge in [-0.1, -0.05) is 18.6 Å². The molecule has 22 heavy (non-hydrogen) atoms. The number of nitrogen functional groups attached to an aromatic ring is 1. The molecule has 0 saturated carbocycles. The van der Waals surface area contributed by atoms with E-state index in [2.05, 4.69) is 10.6 Å². The molecule has 0 aliphatic carbocycles. The van der Waals surface area contributed by atoms with Crippen molar-refractivity contribution in [2.24, 2.45) is 0 Å². The topological polar surface area (TPSA) is 84.2 Å². The Labute approximate surface area is 138 Å². The van der Waals surface area contributed by atoms with Crippen molar-refractivity contribution < 1.29 is 9.59 Å². The van der Waals surface area contributed by atoms with Crippen molar-refractivity contribution in [2.45, 2.75) is 39.0 Å². The van der Waals surface area contributed by atoms with E-state index in [0.717, 1.165) is 31.4 Å². The van der Waals surface area contributed by atoms with E-state index in [1.165, 1.54) is 12.5 Å². The molecule has 6 heteroatoms. The first-order valence-electron chi connectivity index (χ1n) is 7.43. The van der Waals surface area contributed by atoms with Gasteiger partial charge in [-0.15, -0.1) is 12.4 Å². The first-order chi connectivity index (χ1) is 10.1. The van der Waals surface area contributed by atoms with Crippen LogP contribution in [0.15, 0.2) is 24.3 Å². The van der Waals surface area contributed by atoms with E-state index in [1.807, 2.05) is 24.3 Å². The smallest absolute Gasteiger partial charge is 0.220 e.